The van der Waals surface area contributed by atoms with Gasteiger partial charge in [0.15, 0.2) is 0 Å². The average Bonchev–Trinajstić information content (AvgIpc) is 2.54. The molecule has 0 radical (unpaired) electrons. The standard InChI is InChI=1S/C19H15N3/c20-13-6-8-15-16-9-7-14(21)11-18(16)22-19(17(15)10-13)12-4-2-1-3-5-12/h1-11H,20-21H2/p+1. The number of hydrogen-bond donors (Lipinski definition) is 2. The molecule has 0 fully saturated rings. The second-order valence-corrected chi connectivity index (χ2v) is 5.41. The van der Waals surface area contributed by atoms with Crippen LogP contribution in [0.2, 0.25) is 0 Å². The van der Waals surface area contributed by atoms with E-state index in [9.17, 15) is 0 Å². The van der Waals surface area contributed by atoms with Crippen molar-refractivity contribution < 1.29 is 1.43 Å². The Bertz CT molecular complexity index is 997. The number of hydrogen-bond acceptors (Lipinski definition) is 3. The highest BCUT2D eigenvalue weighted by atomic mass is 14.7. The first-order valence-corrected chi connectivity index (χ1v) is 7.16. The van der Waals surface area contributed by atoms with Crippen LogP contribution in [0, 0.1) is 0 Å². The summed E-state index contributed by atoms with van der Waals surface area (Å²) in [7, 11) is 0. The fourth-order valence-electron chi connectivity index (χ4n) is 2.86. The lowest BCUT2D eigenvalue weighted by molar-refractivity contribution is 1.43. The summed E-state index contributed by atoms with van der Waals surface area (Å²) in [4.78, 5) is 4.84. The predicted octanol–water partition coefficient (Wildman–Crippen LogP) is 4.33. The molecule has 1 heterocycles. The molecule has 0 spiro atoms. The van der Waals surface area contributed by atoms with Gasteiger partial charge in [0.1, 0.15) is 0 Å². The summed E-state index contributed by atoms with van der Waals surface area (Å²) in [6, 6.07) is 21.9. The maximum Gasteiger partial charge on any atom is 1.00 e. The number of anilines is 2. The molecule has 0 aliphatic carbocycles. The lowest BCUT2D eigenvalue weighted by atomic mass is 9.99. The van der Waals surface area contributed by atoms with Crippen molar-refractivity contribution >= 4 is 33.1 Å². The molecule has 0 aliphatic heterocycles. The van der Waals surface area contributed by atoms with Gasteiger partial charge in [0.2, 0.25) is 0 Å². The summed E-state index contributed by atoms with van der Waals surface area (Å²) in [5, 5.41) is 3.28. The van der Waals surface area contributed by atoms with Crippen LogP contribution in [0.25, 0.3) is 32.9 Å². The number of rotatable bonds is 1. The van der Waals surface area contributed by atoms with Crippen molar-refractivity contribution in [2.24, 2.45) is 0 Å². The highest BCUT2D eigenvalue weighted by molar-refractivity contribution is 6.12. The monoisotopic (exact) mass is 286 g/mol. The van der Waals surface area contributed by atoms with Gasteiger partial charge in [0.25, 0.3) is 0 Å². The minimum Gasteiger partial charge on any atom is -0.399 e. The van der Waals surface area contributed by atoms with Crippen LogP contribution >= 0.6 is 0 Å². The first kappa shape index (κ1) is 12.7. The highest BCUT2D eigenvalue weighted by Gasteiger charge is 2.10. The number of aromatic nitrogens is 1. The molecule has 0 saturated heterocycles. The summed E-state index contributed by atoms with van der Waals surface area (Å²) < 4.78 is 0. The highest BCUT2D eigenvalue weighted by Crippen LogP contribution is 2.34. The van der Waals surface area contributed by atoms with Gasteiger partial charge in [-0.1, -0.05) is 42.5 Å². The molecule has 0 bridgehead atoms. The number of pyridine rings is 1. The van der Waals surface area contributed by atoms with Crippen molar-refractivity contribution in [2.45, 2.75) is 0 Å². The van der Waals surface area contributed by atoms with Gasteiger partial charge in [-0.15, -0.1) is 0 Å². The van der Waals surface area contributed by atoms with Crippen molar-refractivity contribution in [1.82, 2.24) is 4.98 Å². The molecule has 4 rings (SSSR count). The Labute approximate surface area is 129 Å². The smallest absolute Gasteiger partial charge is 0.399 e. The Morgan fingerprint density at radius 2 is 1.36 bits per heavy atom. The van der Waals surface area contributed by atoms with E-state index in [-0.39, 0.29) is 1.43 Å². The molecule has 3 aromatic carbocycles. The molecule has 3 nitrogen and oxygen atoms in total. The van der Waals surface area contributed by atoms with E-state index in [4.69, 9.17) is 16.5 Å². The summed E-state index contributed by atoms with van der Waals surface area (Å²) in [6.45, 7) is 0. The maximum atomic E-state index is 5.99. The quantitative estimate of drug-likeness (QED) is 0.404. The molecule has 1 aromatic heterocycles. The third-order valence-corrected chi connectivity index (χ3v) is 3.89. The molecule has 0 unspecified atom stereocenters. The molecule has 3 heteroatoms. The Kier molecular flexibility index (Phi) is 2.73. The van der Waals surface area contributed by atoms with Gasteiger partial charge >= 0.3 is 1.43 Å². The average molecular weight is 286 g/mol. The summed E-state index contributed by atoms with van der Waals surface area (Å²) in [5.41, 5.74) is 16.3. The van der Waals surface area contributed by atoms with E-state index in [1.165, 1.54) is 0 Å². The van der Waals surface area contributed by atoms with E-state index in [1.54, 1.807) is 0 Å². The normalized spacial score (nSPS) is 11.1. The van der Waals surface area contributed by atoms with Crippen LogP contribution < -0.4 is 11.5 Å². The van der Waals surface area contributed by atoms with E-state index in [0.29, 0.717) is 5.69 Å². The zero-order valence-electron chi connectivity index (χ0n) is 13.0. The van der Waals surface area contributed by atoms with Gasteiger partial charge in [-0.3, -0.25) is 0 Å². The molecule has 22 heavy (non-hydrogen) atoms. The van der Waals surface area contributed by atoms with Crippen LogP contribution in [0.15, 0.2) is 66.7 Å². The van der Waals surface area contributed by atoms with Crippen LogP contribution in [0.3, 0.4) is 0 Å². The number of nitrogens with zero attached hydrogens (tertiary/aromatic N) is 1. The third-order valence-electron chi connectivity index (χ3n) is 3.89. The number of nitrogen functional groups attached to an aromatic ring is 2. The molecular formula is C19H16N3+. The van der Waals surface area contributed by atoms with Crippen molar-refractivity contribution in [3.63, 3.8) is 0 Å². The molecule has 0 amide bonds. The van der Waals surface area contributed by atoms with Crippen molar-refractivity contribution in [2.75, 3.05) is 11.5 Å². The van der Waals surface area contributed by atoms with Crippen LogP contribution in [0.5, 0.6) is 0 Å². The fraction of sp³-hybridized carbons (Fsp3) is 0. The zero-order valence-corrected chi connectivity index (χ0v) is 12.0. The summed E-state index contributed by atoms with van der Waals surface area (Å²) >= 11 is 0. The second-order valence-electron chi connectivity index (χ2n) is 5.41. The molecule has 0 saturated carbocycles. The predicted molar refractivity (Wildman–Crippen MR) is 94.6 cm³/mol. The van der Waals surface area contributed by atoms with E-state index in [0.717, 1.165) is 38.6 Å². The number of fused-ring (bicyclic) bond motifs is 3. The fourth-order valence-corrected chi connectivity index (χ4v) is 2.86. The summed E-state index contributed by atoms with van der Waals surface area (Å²) in [5.74, 6) is 0. The van der Waals surface area contributed by atoms with E-state index >= 15 is 0 Å². The largest absolute Gasteiger partial charge is 1.00 e. The van der Waals surface area contributed by atoms with E-state index in [2.05, 4.69) is 18.2 Å². The summed E-state index contributed by atoms with van der Waals surface area (Å²) in [6.07, 6.45) is 0. The van der Waals surface area contributed by atoms with Gasteiger partial charge < -0.3 is 11.5 Å². The second kappa shape index (κ2) is 4.74. The van der Waals surface area contributed by atoms with Gasteiger partial charge in [0.05, 0.1) is 11.2 Å². The lowest BCUT2D eigenvalue weighted by Crippen LogP contribution is -1.93. The number of benzene rings is 3. The first-order chi connectivity index (χ1) is 10.7. The van der Waals surface area contributed by atoms with Gasteiger partial charge in [-0.05, 0) is 29.7 Å². The van der Waals surface area contributed by atoms with E-state index in [1.807, 2.05) is 48.5 Å². The Morgan fingerprint density at radius 1 is 0.682 bits per heavy atom. The van der Waals surface area contributed by atoms with Crippen LogP contribution in [0.4, 0.5) is 11.4 Å². The Balaban J connectivity index is 0.00000156. The van der Waals surface area contributed by atoms with Crippen molar-refractivity contribution in [1.29, 1.82) is 0 Å². The zero-order chi connectivity index (χ0) is 15.1. The van der Waals surface area contributed by atoms with Gasteiger partial charge in [-0.25, -0.2) is 4.98 Å². The van der Waals surface area contributed by atoms with Crippen LogP contribution in [-0.2, 0) is 0 Å². The van der Waals surface area contributed by atoms with Crippen LogP contribution in [-0.4, -0.2) is 4.98 Å². The molecule has 0 aliphatic rings. The SMILES string of the molecule is Nc1ccc2c(c1)nc(-c1ccccc1)c1cc(N)ccc12.[H+]. The van der Waals surface area contributed by atoms with Crippen molar-refractivity contribution in [3.05, 3.63) is 66.7 Å². The maximum absolute atomic E-state index is 5.99. The molecule has 106 valence electrons. The van der Waals surface area contributed by atoms with E-state index < -0.39 is 0 Å². The van der Waals surface area contributed by atoms with Crippen molar-refractivity contribution in [3.8, 4) is 11.3 Å². The van der Waals surface area contributed by atoms with Gasteiger partial charge in [-0.2, -0.15) is 0 Å². The first-order valence-electron chi connectivity index (χ1n) is 7.16. The van der Waals surface area contributed by atoms with Crippen LogP contribution in [0.1, 0.15) is 1.43 Å². The molecular weight excluding hydrogens is 270 g/mol. The lowest BCUT2D eigenvalue weighted by Gasteiger charge is -2.11. The Morgan fingerprint density at radius 3 is 2.14 bits per heavy atom. The molecule has 4 aromatic rings. The third kappa shape index (κ3) is 1.95. The topological polar surface area (TPSA) is 64.9 Å². The molecule has 0 atom stereocenters. The minimum atomic E-state index is 0. The molecule has 4 N–H and O–H groups in total. The number of nitrogens with two attached hydrogens (primary N) is 2. The minimum absolute atomic E-state index is 0. The van der Waals surface area contributed by atoms with Gasteiger partial charge in [0, 0.05) is 27.7 Å². The Hall–Kier alpha value is -3.07.